The highest BCUT2D eigenvalue weighted by atomic mass is 35.5. The van der Waals surface area contributed by atoms with Gasteiger partial charge in [-0.05, 0) is 30.7 Å². The van der Waals surface area contributed by atoms with Gasteiger partial charge in [0.15, 0.2) is 11.0 Å². The van der Waals surface area contributed by atoms with E-state index in [1.807, 2.05) is 49.4 Å². The summed E-state index contributed by atoms with van der Waals surface area (Å²) >= 11 is 13.1. The minimum atomic E-state index is -0.326. The van der Waals surface area contributed by atoms with Gasteiger partial charge in [0.1, 0.15) is 0 Å². The number of amides is 1. The Balaban J connectivity index is 1.65. The van der Waals surface area contributed by atoms with Crippen LogP contribution >= 0.6 is 35.0 Å². The molecule has 4 aromatic rings. The molecule has 1 N–H and O–H groups in total. The maximum Gasteiger partial charge on any atom is 0.262 e. The maximum atomic E-state index is 13.3. The molecule has 4 rings (SSSR count). The van der Waals surface area contributed by atoms with Crippen molar-refractivity contribution in [1.82, 2.24) is 14.5 Å². The molecule has 0 saturated heterocycles. The van der Waals surface area contributed by atoms with Gasteiger partial charge < -0.3 is 5.32 Å². The van der Waals surface area contributed by atoms with E-state index in [0.717, 1.165) is 5.56 Å². The number of hydrogen-bond acceptors (Lipinski definition) is 5. The summed E-state index contributed by atoms with van der Waals surface area (Å²) in [6.07, 6.45) is 1.40. The number of aromatic nitrogens is 3. The minimum absolute atomic E-state index is 0.0208. The topological polar surface area (TPSA) is 76.9 Å². The molecule has 162 valence electrons. The largest absolute Gasteiger partial charge is 0.309 e. The second kappa shape index (κ2) is 9.73. The van der Waals surface area contributed by atoms with Crippen molar-refractivity contribution in [3.8, 4) is 0 Å². The zero-order valence-electron chi connectivity index (χ0n) is 17.0. The zero-order valence-corrected chi connectivity index (χ0v) is 19.3. The van der Waals surface area contributed by atoms with Crippen molar-refractivity contribution in [2.24, 2.45) is 0 Å². The first-order valence-electron chi connectivity index (χ1n) is 9.74. The van der Waals surface area contributed by atoms with E-state index >= 15 is 0 Å². The molecule has 2 aromatic carbocycles. The minimum Gasteiger partial charge on any atom is -0.309 e. The van der Waals surface area contributed by atoms with Crippen molar-refractivity contribution in [3.63, 3.8) is 0 Å². The molecule has 0 aliphatic carbocycles. The van der Waals surface area contributed by atoms with Crippen LogP contribution in [0.3, 0.4) is 0 Å². The lowest BCUT2D eigenvalue weighted by Gasteiger charge is -2.20. The van der Waals surface area contributed by atoms with Gasteiger partial charge in [-0.3, -0.25) is 14.2 Å². The molecular weight excluding hydrogens is 467 g/mol. The van der Waals surface area contributed by atoms with E-state index in [-0.39, 0.29) is 34.1 Å². The number of halogens is 2. The van der Waals surface area contributed by atoms with Gasteiger partial charge in [-0.25, -0.2) is 9.97 Å². The fraction of sp³-hybridized carbons (Fsp3) is 0.130. The van der Waals surface area contributed by atoms with Gasteiger partial charge in [-0.1, -0.05) is 77.4 Å². The summed E-state index contributed by atoms with van der Waals surface area (Å²) in [5.74, 6) is -0.0800. The number of hydrogen-bond donors (Lipinski definition) is 1. The van der Waals surface area contributed by atoms with Crippen molar-refractivity contribution in [2.75, 3.05) is 11.1 Å². The maximum absolute atomic E-state index is 13.3. The van der Waals surface area contributed by atoms with Gasteiger partial charge in [0.05, 0.1) is 32.7 Å². The summed E-state index contributed by atoms with van der Waals surface area (Å²) in [5, 5.41) is 4.27. The number of carbonyl (C=O) groups excluding carboxylic acids is 1. The van der Waals surface area contributed by atoms with Gasteiger partial charge in [-0.2, -0.15) is 0 Å². The van der Waals surface area contributed by atoms with Crippen LogP contribution in [0.25, 0.3) is 10.9 Å². The molecule has 0 radical (unpaired) electrons. The van der Waals surface area contributed by atoms with Crippen molar-refractivity contribution < 1.29 is 4.79 Å². The van der Waals surface area contributed by atoms with E-state index in [1.165, 1.54) is 24.0 Å². The normalized spacial score (nSPS) is 12.0. The summed E-state index contributed by atoms with van der Waals surface area (Å²) in [6.45, 7) is 1.94. The molecule has 0 saturated carbocycles. The van der Waals surface area contributed by atoms with Gasteiger partial charge in [0, 0.05) is 6.20 Å². The molecule has 0 bridgehead atoms. The molecule has 32 heavy (non-hydrogen) atoms. The highest BCUT2D eigenvalue weighted by Gasteiger charge is 2.19. The number of thioether (sulfide) groups is 1. The Morgan fingerprint density at radius 3 is 2.59 bits per heavy atom. The number of rotatable bonds is 6. The smallest absolute Gasteiger partial charge is 0.262 e. The van der Waals surface area contributed by atoms with E-state index in [0.29, 0.717) is 21.1 Å². The van der Waals surface area contributed by atoms with Crippen LogP contribution in [0, 0.1) is 0 Å². The second-order valence-corrected chi connectivity index (χ2v) is 8.78. The molecule has 1 atom stereocenters. The van der Waals surface area contributed by atoms with E-state index < -0.39 is 0 Å². The monoisotopic (exact) mass is 484 g/mol. The molecule has 9 heteroatoms. The fourth-order valence-electron chi connectivity index (χ4n) is 3.25. The molecular formula is C23H18Cl2N4O2S. The predicted octanol–water partition coefficient (Wildman–Crippen LogP) is 5.44. The number of pyridine rings is 1. The third-order valence-electron chi connectivity index (χ3n) is 4.84. The molecule has 2 aromatic heterocycles. The van der Waals surface area contributed by atoms with Gasteiger partial charge >= 0.3 is 0 Å². The Labute approximate surface area is 198 Å². The Morgan fingerprint density at radius 1 is 1.12 bits per heavy atom. The van der Waals surface area contributed by atoms with Crippen LogP contribution in [-0.2, 0) is 4.79 Å². The highest BCUT2D eigenvalue weighted by Crippen LogP contribution is 2.26. The molecule has 6 nitrogen and oxygen atoms in total. The number of para-hydroxylation sites is 1. The van der Waals surface area contributed by atoms with Crippen molar-refractivity contribution >= 4 is 57.6 Å². The summed E-state index contributed by atoms with van der Waals surface area (Å²) < 4.78 is 1.63. The van der Waals surface area contributed by atoms with Crippen LogP contribution in [-0.4, -0.2) is 26.2 Å². The lowest BCUT2D eigenvalue weighted by atomic mass is 10.1. The first-order chi connectivity index (χ1) is 15.4. The first kappa shape index (κ1) is 22.3. The van der Waals surface area contributed by atoms with Crippen molar-refractivity contribution in [2.45, 2.75) is 18.1 Å². The van der Waals surface area contributed by atoms with E-state index in [1.54, 1.807) is 16.7 Å². The van der Waals surface area contributed by atoms with Gasteiger partial charge in [0.2, 0.25) is 5.91 Å². The van der Waals surface area contributed by atoms with Crippen LogP contribution in [0.15, 0.2) is 76.8 Å². The lowest BCUT2D eigenvalue weighted by Crippen LogP contribution is -2.27. The van der Waals surface area contributed by atoms with Gasteiger partial charge in [0.25, 0.3) is 5.56 Å². The van der Waals surface area contributed by atoms with E-state index in [2.05, 4.69) is 15.3 Å². The highest BCUT2D eigenvalue weighted by molar-refractivity contribution is 7.99. The molecule has 1 unspecified atom stereocenters. The summed E-state index contributed by atoms with van der Waals surface area (Å²) in [4.78, 5) is 34.6. The fourth-order valence-corrected chi connectivity index (χ4v) is 4.56. The van der Waals surface area contributed by atoms with E-state index in [4.69, 9.17) is 23.2 Å². The van der Waals surface area contributed by atoms with Crippen LogP contribution in [0.1, 0.15) is 18.5 Å². The molecule has 2 heterocycles. The number of nitrogens with one attached hydrogen (secondary N) is 1. The summed E-state index contributed by atoms with van der Waals surface area (Å²) in [6, 6.07) is 18.1. The standard InChI is InChI=1S/C23H18Cl2N4O2S/c1-14(15-7-3-2-4-8-15)29-22(31)17-9-5-6-10-19(17)27-23(29)32-13-20(30)28-21-18(25)11-16(24)12-26-21/h2-12,14H,13H2,1H3,(H,26,28,30). The SMILES string of the molecule is CC(c1ccccc1)n1c(SCC(=O)Nc2ncc(Cl)cc2Cl)nc2ccccc2c1=O. The zero-order chi connectivity index (χ0) is 22.7. The Kier molecular flexibility index (Phi) is 6.79. The summed E-state index contributed by atoms with van der Waals surface area (Å²) in [5.41, 5.74) is 1.40. The molecule has 0 fully saturated rings. The third-order valence-corrected chi connectivity index (χ3v) is 6.29. The third kappa shape index (κ3) is 4.80. The second-order valence-electron chi connectivity index (χ2n) is 6.99. The summed E-state index contributed by atoms with van der Waals surface area (Å²) in [7, 11) is 0. The Morgan fingerprint density at radius 2 is 1.84 bits per heavy atom. The molecule has 0 aliphatic heterocycles. The molecule has 0 aliphatic rings. The number of nitrogens with zero attached hydrogens (tertiary/aromatic N) is 3. The quantitative estimate of drug-likeness (QED) is 0.291. The Bertz CT molecular complexity index is 1350. The number of fused-ring (bicyclic) bond motifs is 1. The molecule has 0 spiro atoms. The van der Waals surface area contributed by atoms with Crippen LogP contribution in [0.2, 0.25) is 10.0 Å². The van der Waals surface area contributed by atoms with Crippen LogP contribution in [0.5, 0.6) is 0 Å². The average molecular weight is 485 g/mol. The number of anilines is 1. The van der Waals surface area contributed by atoms with Crippen LogP contribution in [0.4, 0.5) is 5.82 Å². The van der Waals surface area contributed by atoms with E-state index in [9.17, 15) is 9.59 Å². The number of benzene rings is 2. The lowest BCUT2D eigenvalue weighted by molar-refractivity contribution is -0.113. The van der Waals surface area contributed by atoms with Crippen molar-refractivity contribution in [1.29, 1.82) is 0 Å². The van der Waals surface area contributed by atoms with Crippen molar-refractivity contribution in [3.05, 3.63) is 92.8 Å². The van der Waals surface area contributed by atoms with Gasteiger partial charge in [-0.15, -0.1) is 0 Å². The predicted molar refractivity (Wildman–Crippen MR) is 130 cm³/mol. The molecule has 1 amide bonds. The average Bonchev–Trinajstić information content (AvgIpc) is 2.80. The van der Waals surface area contributed by atoms with Crippen LogP contribution < -0.4 is 10.9 Å². The first-order valence-corrected chi connectivity index (χ1v) is 11.5. The Hall–Kier alpha value is -2.87. The number of carbonyl (C=O) groups is 1.